The molecule has 0 spiro atoms. The molecule has 1 amide bonds. The summed E-state index contributed by atoms with van der Waals surface area (Å²) in [5.41, 5.74) is 1.75. The van der Waals surface area contributed by atoms with Gasteiger partial charge in [0.15, 0.2) is 0 Å². The quantitative estimate of drug-likeness (QED) is 0.900. The molecule has 0 saturated carbocycles. The van der Waals surface area contributed by atoms with Crippen LogP contribution in [-0.4, -0.2) is 16.0 Å². The molecule has 0 unspecified atom stereocenters. The fourth-order valence-corrected chi connectivity index (χ4v) is 2.13. The van der Waals surface area contributed by atoms with E-state index in [9.17, 15) is 9.18 Å². The molecule has 0 aliphatic rings. The maximum atomic E-state index is 13.1. The van der Waals surface area contributed by atoms with E-state index in [2.05, 4.69) is 26.2 Å². The lowest BCUT2D eigenvalue weighted by molar-refractivity contribution is -0.115. The van der Waals surface area contributed by atoms with E-state index in [1.54, 1.807) is 18.2 Å². The third-order valence-electron chi connectivity index (χ3n) is 2.70. The van der Waals surface area contributed by atoms with Crippen LogP contribution in [0.4, 0.5) is 10.1 Å². The molecular formula is C14H12BrFN2O2. The number of anilines is 1. The average Bonchev–Trinajstić information content (AvgIpc) is 2.43. The fourth-order valence-electron chi connectivity index (χ4n) is 1.70. The van der Waals surface area contributed by atoms with Gasteiger partial charge in [-0.15, -0.1) is 0 Å². The number of halogens is 2. The van der Waals surface area contributed by atoms with E-state index in [1.165, 1.54) is 18.5 Å². The number of carbonyl (C=O) groups excluding carboxylic acids is 1. The molecule has 0 bridgehead atoms. The number of nitrogens with zero attached hydrogens (tertiary/aromatic N) is 1. The Bertz CT molecular complexity index is 634. The van der Waals surface area contributed by atoms with E-state index in [4.69, 9.17) is 5.11 Å². The highest BCUT2D eigenvalue weighted by Gasteiger charge is 2.09. The molecule has 0 radical (unpaired) electrons. The predicted octanol–water partition coefficient (Wildman–Crippen LogP) is 2.66. The van der Waals surface area contributed by atoms with Gasteiger partial charge in [-0.3, -0.25) is 9.78 Å². The summed E-state index contributed by atoms with van der Waals surface area (Å²) in [6, 6.07) is 6.04. The van der Waals surface area contributed by atoms with Gasteiger partial charge in [-0.25, -0.2) is 4.39 Å². The summed E-state index contributed by atoms with van der Waals surface area (Å²) in [5.74, 6) is -0.629. The van der Waals surface area contributed by atoms with Crippen LogP contribution in [0.25, 0.3) is 0 Å². The van der Waals surface area contributed by atoms with Gasteiger partial charge in [-0.1, -0.05) is 6.07 Å². The topological polar surface area (TPSA) is 62.2 Å². The minimum atomic E-state index is -0.371. The van der Waals surface area contributed by atoms with E-state index in [0.717, 1.165) is 0 Å². The predicted molar refractivity (Wildman–Crippen MR) is 76.6 cm³/mol. The molecule has 2 N–H and O–H groups in total. The molecule has 2 aromatic rings. The van der Waals surface area contributed by atoms with Crippen molar-refractivity contribution >= 4 is 27.5 Å². The Balaban J connectivity index is 2.07. The van der Waals surface area contributed by atoms with Crippen LogP contribution in [0.3, 0.4) is 0 Å². The SMILES string of the molecule is O=C(Cc1ccc(F)c(Br)c1)Nc1cnccc1CO. The molecule has 0 saturated heterocycles. The molecule has 0 aliphatic heterocycles. The van der Waals surface area contributed by atoms with E-state index in [0.29, 0.717) is 21.3 Å². The van der Waals surface area contributed by atoms with Crippen LogP contribution in [-0.2, 0) is 17.8 Å². The summed E-state index contributed by atoms with van der Waals surface area (Å²) in [6.45, 7) is -0.180. The number of hydrogen-bond acceptors (Lipinski definition) is 3. The first-order chi connectivity index (χ1) is 9.60. The van der Waals surface area contributed by atoms with Gasteiger partial charge in [0.2, 0.25) is 5.91 Å². The van der Waals surface area contributed by atoms with Crippen LogP contribution in [0.1, 0.15) is 11.1 Å². The van der Waals surface area contributed by atoms with Gasteiger partial charge < -0.3 is 10.4 Å². The summed E-state index contributed by atoms with van der Waals surface area (Å²) in [4.78, 5) is 15.8. The molecule has 2 rings (SSSR count). The second kappa shape index (κ2) is 6.58. The number of aliphatic hydroxyl groups is 1. The van der Waals surface area contributed by atoms with Gasteiger partial charge >= 0.3 is 0 Å². The highest BCUT2D eigenvalue weighted by Crippen LogP contribution is 2.18. The molecule has 0 fully saturated rings. The number of hydrogen-bond donors (Lipinski definition) is 2. The van der Waals surface area contributed by atoms with Gasteiger partial charge in [0.1, 0.15) is 5.82 Å². The van der Waals surface area contributed by atoms with E-state index >= 15 is 0 Å². The monoisotopic (exact) mass is 338 g/mol. The minimum absolute atomic E-state index is 0.110. The zero-order valence-electron chi connectivity index (χ0n) is 10.4. The number of carbonyl (C=O) groups is 1. The first-order valence-corrected chi connectivity index (χ1v) is 6.67. The molecular weight excluding hydrogens is 327 g/mol. The Kier molecular flexibility index (Phi) is 4.81. The van der Waals surface area contributed by atoms with Crippen molar-refractivity contribution in [1.29, 1.82) is 0 Å². The first-order valence-electron chi connectivity index (χ1n) is 5.87. The van der Waals surface area contributed by atoms with Crippen LogP contribution in [0.2, 0.25) is 0 Å². The lowest BCUT2D eigenvalue weighted by Crippen LogP contribution is -2.16. The van der Waals surface area contributed by atoms with Crippen LogP contribution < -0.4 is 5.32 Å². The molecule has 0 aliphatic carbocycles. The van der Waals surface area contributed by atoms with Gasteiger partial charge in [-0.05, 0) is 39.7 Å². The van der Waals surface area contributed by atoms with Crippen molar-refractivity contribution in [2.24, 2.45) is 0 Å². The number of amides is 1. The van der Waals surface area contributed by atoms with Crippen molar-refractivity contribution in [3.63, 3.8) is 0 Å². The van der Waals surface area contributed by atoms with Crippen molar-refractivity contribution in [1.82, 2.24) is 4.98 Å². The molecule has 104 valence electrons. The largest absolute Gasteiger partial charge is 0.392 e. The fraction of sp³-hybridized carbons (Fsp3) is 0.143. The van der Waals surface area contributed by atoms with Gasteiger partial charge in [0.25, 0.3) is 0 Å². The Morgan fingerprint density at radius 3 is 2.90 bits per heavy atom. The summed E-state index contributed by atoms with van der Waals surface area (Å²) in [7, 11) is 0. The van der Waals surface area contributed by atoms with Gasteiger partial charge in [-0.2, -0.15) is 0 Å². The first kappa shape index (κ1) is 14.6. The van der Waals surface area contributed by atoms with E-state index in [-0.39, 0.29) is 24.8 Å². The maximum absolute atomic E-state index is 13.1. The number of aliphatic hydroxyl groups excluding tert-OH is 1. The second-order valence-electron chi connectivity index (χ2n) is 4.16. The molecule has 4 nitrogen and oxygen atoms in total. The molecule has 1 aromatic heterocycles. The van der Waals surface area contributed by atoms with Gasteiger partial charge in [0, 0.05) is 11.8 Å². The molecule has 0 atom stereocenters. The van der Waals surface area contributed by atoms with Crippen molar-refractivity contribution in [3.05, 3.63) is 58.1 Å². The Morgan fingerprint density at radius 1 is 1.40 bits per heavy atom. The van der Waals surface area contributed by atoms with Crippen LogP contribution >= 0.6 is 15.9 Å². The minimum Gasteiger partial charge on any atom is -0.392 e. The summed E-state index contributed by atoms with van der Waals surface area (Å²) in [5, 5.41) is 11.8. The number of rotatable bonds is 4. The second-order valence-corrected chi connectivity index (χ2v) is 5.02. The molecule has 1 aromatic carbocycles. The average molecular weight is 339 g/mol. The van der Waals surface area contributed by atoms with Crippen molar-refractivity contribution in [2.75, 3.05) is 5.32 Å². The van der Waals surface area contributed by atoms with Crippen LogP contribution in [0.15, 0.2) is 41.1 Å². The van der Waals surface area contributed by atoms with Crippen molar-refractivity contribution in [2.45, 2.75) is 13.0 Å². The highest BCUT2D eigenvalue weighted by molar-refractivity contribution is 9.10. The van der Waals surface area contributed by atoms with Crippen molar-refractivity contribution < 1.29 is 14.3 Å². The van der Waals surface area contributed by atoms with E-state index < -0.39 is 0 Å². The normalized spacial score (nSPS) is 10.3. The smallest absolute Gasteiger partial charge is 0.228 e. The van der Waals surface area contributed by atoms with Gasteiger partial charge in [0.05, 0.1) is 29.4 Å². The van der Waals surface area contributed by atoms with Crippen LogP contribution in [0, 0.1) is 5.82 Å². The summed E-state index contributed by atoms with van der Waals surface area (Å²) < 4.78 is 13.4. The summed E-state index contributed by atoms with van der Waals surface area (Å²) in [6.07, 6.45) is 3.13. The Morgan fingerprint density at radius 2 is 2.20 bits per heavy atom. The lowest BCUT2D eigenvalue weighted by atomic mass is 10.1. The van der Waals surface area contributed by atoms with Crippen LogP contribution in [0.5, 0.6) is 0 Å². The number of aromatic nitrogens is 1. The molecule has 20 heavy (non-hydrogen) atoms. The zero-order chi connectivity index (χ0) is 14.5. The van der Waals surface area contributed by atoms with E-state index in [1.807, 2.05) is 0 Å². The van der Waals surface area contributed by atoms with Crippen molar-refractivity contribution in [3.8, 4) is 0 Å². The lowest BCUT2D eigenvalue weighted by Gasteiger charge is -2.09. The Hall–Kier alpha value is -1.79. The third-order valence-corrected chi connectivity index (χ3v) is 3.31. The third kappa shape index (κ3) is 3.61. The number of benzene rings is 1. The maximum Gasteiger partial charge on any atom is 0.228 e. The zero-order valence-corrected chi connectivity index (χ0v) is 12.0. The number of pyridine rings is 1. The summed E-state index contributed by atoms with van der Waals surface area (Å²) >= 11 is 3.08. The Labute approximate surface area is 123 Å². The number of nitrogens with one attached hydrogen (secondary N) is 1. The standard InChI is InChI=1S/C14H12BrFN2O2/c15-11-5-9(1-2-12(11)16)6-14(20)18-13-7-17-4-3-10(13)8-19/h1-5,7,19H,6,8H2,(H,18,20). The highest BCUT2D eigenvalue weighted by atomic mass is 79.9. The molecule has 6 heteroatoms. The molecule has 1 heterocycles.